The van der Waals surface area contributed by atoms with Gasteiger partial charge in [-0.1, -0.05) is 63.3 Å². The Morgan fingerprint density at radius 3 is 2.52 bits per heavy atom. The monoisotopic (exact) mass is 422 g/mol. The van der Waals surface area contributed by atoms with Gasteiger partial charge in [0, 0.05) is 24.6 Å². The number of benzene rings is 1. The van der Waals surface area contributed by atoms with Crippen LogP contribution in [0.1, 0.15) is 52.5 Å². The normalized spacial score (nSPS) is 20.8. The molecule has 0 aromatic heterocycles. The number of carboxylic acid groups (broad SMARTS) is 1. The number of aliphatic imine (C=N–C) groups is 1. The van der Waals surface area contributed by atoms with Crippen molar-refractivity contribution in [1.29, 1.82) is 0 Å². The van der Waals surface area contributed by atoms with E-state index < -0.39 is 5.97 Å². The highest BCUT2D eigenvalue weighted by Crippen LogP contribution is 2.51. The van der Waals surface area contributed by atoms with Crippen LogP contribution in [0.3, 0.4) is 0 Å². The molecule has 0 bridgehead atoms. The predicted octanol–water partition coefficient (Wildman–Crippen LogP) is 4.89. The molecule has 1 amide bonds. The maximum Gasteiger partial charge on any atom is 0.354 e. The molecule has 1 aliphatic carbocycles. The number of hydrogen-bond donors (Lipinski definition) is 1. The Labute approximate surface area is 185 Å². The molecule has 2 aliphatic rings. The molecule has 3 rings (SSSR count). The molecule has 1 heterocycles. The van der Waals surface area contributed by atoms with Crippen LogP contribution in [0.2, 0.25) is 0 Å². The molecule has 1 fully saturated rings. The maximum atomic E-state index is 13.4. The van der Waals surface area contributed by atoms with Gasteiger partial charge in [0.05, 0.1) is 6.54 Å². The highest BCUT2D eigenvalue weighted by molar-refractivity contribution is 5.98. The molecule has 0 spiro atoms. The summed E-state index contributed by atoms with van der Waals surface area (Å²) in [6.45, 7) is 9.37. The number of amides is 1. The van der Waals surface area contributed by atoms with Gasteiger partial charge in [-0.2, -0.15) is 0 Å². The third kappa shape index (κ3) is 6.16. The van der Waals surface area contributed by atoms with E-state index in [9.17, 15) is 14.7 Å². The van der Waals surface area contributed by atoms with Gasteiger partial charge >= 0.3 is 5.97 Å². The van der Waals surface area contributed by atoms with Crippen LogP contribution in [0.4, 0.5) is 0 Å². The standard InChI is InChI=1S/C26H34N2O3/c1-18-10-8-14-20(27-23(18)25(30)31)17-28(15-9-13-19-11-6-5-7-12-19)24(29)21-16-22(21)26(2,3)4/h5-8,10-12,21-22H,9,13-17H2,1-4H3,(H,30,31)/t21?,22-/m1/s1. The summed E-state index contributed by atoms with van der Waals surface area (Å²) in [5.41, 5.74) is 2.82. The number of aryl methyl sites for hydroxylation is 1. The number of aliphatic carboxylic acids is 1. The zero-order valence-electron chi connectivity index (χ0n) is 19.1. The average molecular weight is 423 g/mol. The first-order valence-electron chi connectivity index (χ1n) is 11.2. The van der Waals surface area contributed by atoms with E-state index in [-0.39, 0.29) is 22.9 Å². The minimum Gasteiger partial charge on any atom is -0.477 e. The lowest BCUT2D eigenvalue weighted by atomic mass is 9.88. The van der Waals surface area contributed by atoms with Crippen LogP contribution >= 0.6 is 0 Å². The summed E-state index contributed by atoms with van der Waals surface area (Å²) in [6, 6.07) is 10.3. The molecule has 1 N–H and O–H groups in total. The number of rotatable bonds is 8. The van der Waals surface area contributed by atoms with Crippen molar-refractivity contribution >= 4 is 17.6 Å². The second-order valence-electron chi connectivity index (χ2n) is 9.78. The van der Waals surface area contributed by atoms with Crippen molar-refractivity contribution < 1.29 is 14.7 Å². The Morgan fingerprint density at radius 2 is 1.90 bits per heavy atom. The Bertz CT molecular complexity index is 906. The molecular weight excluding hydrogens is 388 g/mol. The Balaban J connectivity index is 1.74. The van der Waals surface area contributed by atoms with E-state index >= 15 is 0 Å². The van der Waals surface area contributed by atoms with Crippen molar-refractivity contribution in [3.05, 3.63) is 59.3 Å². The van der Waals surface area contributed by atoms with E-state index in [4.69, 9.17) is 0 Å². The van der Waals surface area contributed by atoms with Crippen LogP contribution in [0.5, 0.6) is 0 Å². The van der Waals surface area contributed by atoms with Crippen LogP contribution < -0.4 is 0 Å². The smallest absolute Gasteiger partial charge is 0.354 e. The van der Waals surface area contributed by atoms with Gasteiger partial charge in [-0.25, -0.2) is 9.79 Å². The van der Waals surface area contributed by atoms with Gasteiger partial charge in [-0.15, -0.1) is 0 Å². The summed E-state index contributed by atoms with van der Waals surface area (Å²) < 4.78 is 0. The number of nitrogens with zero attached hydrogens (tertiary/aromatic N) is 2. The number of carboxylic acids is 1. The largest absolute Gasteiger partial charge is 0.477 e. The van der Waals surface area contributed by atoms with Crippen LogP contribution in [0.25, 0.3) is 0 Å². The van der Waals surface area contributed by atoms with E-state index in [1.165, 1.54) is 5.56 Å². The van der Waals surface area contributed by atoms with Crippen LogP contribution in [0, 0.1) is 17.3 Å². The Kier molecular flexibility index (Phi) is 7.14. The average Bonchev–Trinajstić information content (AvgIpc) is 3.53. The summed E-state index contributed by atoms with van der Waals surface area (Å²) in [6.07, 6.45) is 7.01. The Hall–Kier alpha value is -2.69. The lowest BCUT2D eigenvalue weighted by Gasteiger charge is -2.25. The van der Waals surface area contributed by atoms with Gasteiger partial charge in [-0.05, 0) is 48.7 Å². The summed E-state index contributed by atoms with van der Waals surface area (Å²) in [4.78, 5) is 31.3. The van der Waals surface area contributed by atoms with Crippen molar-refractivity contribution in [2.24, 2.45) is 22.2 Å². The summed E-state index contributed by atoms with van der Waals surface area (Å²) in [5, 5.41) is 9.51. The number of allylic oxidation sites excluding steroid dienone is 3. The zero-order valence-corrected chi connectivity index (χ0v) is 19.1. The Morgan fingerprint density at radius 1 is 1.19 bits per heavy atom. The number of hydrogen-bond acceptors (Lipinski definition) is 3. The van der Waals surface area contributed by atoms with E-state index in [0.29, 0.717) is 31.0 Å². The molecule has 1 aromatic rings. The van der Waals surface area contributed by atoms with Crippen LogP contribution in [-0.2, 0) is 16.0 Å². The second-order valence-corrected chi connectivity index (χ2v) is 9.78. The van der Waals surface area contributed by atoms with Crippen molar-refractivity contribution in [1.82, 2.24) is 4.90 Å². The lowest BCUT2D eigenvalue weighted by Crippen LogP contribution is -2.38. The maximum absolute atomic E-state index is 13.4. The fraction of sp³-hybridized carbons (Fsp3) is 0.500. The quantitative estimate of drug-likeness (QED) is 0.648. The van der Waals surface area contributed by atoms with Gasteiger partial charge in [0.1, 0.15) is 0 Å². The van der Waals surface area contributed by atoms with Gasteiger partial charge in [-0.3, -0.25) is 4.79 Å². The fourth-order valence-corrected chi connectivity index (χ4v) is 4.32. The first-order chi connectivity index (χ1) is 14.7. The lowest BCUT2D eigenvalue weighted by molar-refractivity contribution is -0.133. The predicted molar refractivity (Wildman–Crippen MR) is 124 cm³/mol. The molecule has 5 heteroatoms. The molecule has 1 saturated carbocycles. The summed E-state index contributed by atoms with van der Waals surface area (Å²) in [7, 11) is 0. The first kappa shape index (κ1) is 23.0. The molecule has 31 heavy (non-hydrogen) atoms. The number of carbonyl (C=O) groups excluding carboxylic acids is 1. The minimum atomic E-state index is -1.03. The van der Waals surface area contributed by atoms with E-state index in [0.717, 1.165) is 25.0 Å². The molecule has 5 nitrogen and oxygen atoms in total. The molecule has 0 saturated heterocycles. The molecule has 0 radical (unpaired) electrons. The van der Waals surface area contributed by atoms with Crippen LogP contribution in [-0.4, -0.2) is 40.7 Å². The van der Waals surface area contributed by atoms with Gasteiger partial charge < -0.3 is 10.0 Å². The van der Waals surface area contributed by atoms with Gasteiger partial charge in [0.15, 0.2) is 5.70 Å². The van der Waals surface area contributed by atoms with E-state index in [2.05, 4.69) is 37.9 Å². The topological polar surface area (TPSA) is 70.0 Å². The highest BCUT2D eigenvalue weighted by Gasteiger charge is 2.50. The van der Waals surface area contributed by atoms with Crippen LogP contribution in [0.15, 0.2) is 58.7 Å². The fourth-order valence-electron chi connectivity index (χ4n) is 4.32. The van der Waals surface area contributed by atoms with E-state index in [1.807, 2.05) is 29.2 Å². The SMILES string of the molecule is CC1=C(C(=O)O)N=C(CN(CCCc2ccccc2)C(=O)C2C[C@H]2C(C)(C)C)CC=C1. The minimum absolute atomic E-state index is 0.0647. The van der Waals surface area contributed by atoms with Crippen molar-refractivity contribution in [3.63, 3.8) is 0 Å². The second kappa shape index (κ2) is 9.63. The first-order valence-corrected chi connectivity index (χ1v) is 11.2. The summed E-state index contributed by atoms with van der Waals surface area (Å²) in [5.74, 6) is -0.376. The highest BCUT2D eigenvalue weighted by atomic mass is 16.4. The van der Waals surface area contributed by atoms with Gasteiger partial charge in [0.25, 0.3) is 0 Å². The van der Waals surface area contributed by atoms with Crippen molar-refractivity contribution in [2.45, 2.75) is 53.4 Å². The zero-order chi connectivity index (χ0) is 22.6. The number of carbonyl (C=O) groups is 2. The van der Waals surface area contributed by atoms with Crippen molar-refractivity contribution in [2.75, 3.05) is 13.1 Å². The summed E-state index contributed by atoms with van der Waals surface area (Å²) >= 11 is 0. The molecule has 2 atom stereocenters. The third-order valence-electron chi connectivity index (χ3n) is 6.21. The molecule has 1 aromatic carbocycles. The molecule has 166 valence electrons. The molecule has 1 unspecified atom stereocenters. The van der Waals surface area contributed by atoms with Crippen molar-refractivity contribution in [3.8, 4) is 0 Å². The van der Waals surface area contributed by atoms with E-state index in [1.54, 1.807) is 13.0 Å². The molecular formula is C26H34N2O3. The third-order valence-corrected chi connectivity index (χ3v) is 6.21. The molecule has 1 aliphatic heterocycles. The van der Waals surface area contributed by atoms with Gasteiger partial charge in [0.2, 0.25) is 5.91 Å².